The highest BCUT2D eigenvalue weighted by molar-refractivity contribution is 5.86. The third-order valence-electron chi connectivity index (χ3n) is 2.47. The molecule has 0 aliphatic carbocycles. The Morgan fingerprint density at radius 1 is 1.53 bits per heavy atom. The summed E-state index contributed by atoms with van der Waals surface area (Å²) in [4.78, 5) is 24.0. The predicted octanol–water partition coefficient (Wildman–Crippen LogP) is 0.471. The van der Waals surface area contributed by atoms with Crippen LogP contribution >= 0.6 is 0 Å². The van der Waals surface area contributed by atoms with E-state index in [0.717, 1.165) is 0 Å². The topological polar surface area (TPSA) is 49.4 Å². The molecule has 0 unspecified atom stereocenters. The van der Waals surface area contributed by atoms with Crippen LogP contribution in [0.25, 0.3) is 0 Å². The van der Waals surface area contributed by atoms with Crippen LogP contribution in [0.4, 0.5) is 4.39 Å². The van der Waals surface area contributed by atoms with Crippen molar-refractivity contribution in [3.63, 3.8) is 0 Å². The number of carbonyl (C=O) groups excluding carboxylic acids is 2. The van der Waals surface area contributed by atoms with E-state index in [-0.39, 0.29) is 18.4 Å². The first-order valence-electron chi connectivity index (χ1n) is 5.20. The zero-order valence-corrected chi connectivity index (χ0v) is 9.12. The molecular formula is C10H17FN2O2. The number of carbonyl (C=O) groups is 2. The van der Waals surface area contributed by atoms with Gasteiger partial charge >= 0.3 is 0 Å². The van der Waals surface area contributed by atoms with Gasteiger partial charge in [0.15, 0.2) is 0 Å². The van der Waals surface area contributed by atoms with Gasteiger partial charge in [-0.1, -0.05) is 0 Å². The first-order valence-corrected chi connectivity index (χ1v) is 5.20. The minimum Gasteiger partial charge on any atom is -0.345 e. The zero-order chi connectivity index (χ0) is 11.4. The lowest BCUT2D eigenvalue weighted by Gasteiger charge is -2.31. The van der Waals surface area contributed by atoms with Crippen LogP contribution in [0, 0.1) is 0 Å². The summed E-state index contributed by atoms with van der Waals surface area (Å²) < 4.78 is 13.0. The standard InChI is InChI=1S/C10H17FN2O2/c1-7(12-8(2)14)10(15)13-5-3-4-9(11)6-13/h7,9H,3-6H2,1-2H3,(H,12,14)/t7-,9-/m0/s1. The number of nitrogens with one attached hydrogen (secondary N) is 1. The number of halogens is 1. The summed E-state index contributed by atoms with van der Waals surface area (Å²) in [5.74, 6) is -0.447. The first-order chi connectivity index (χ1) is 7.00. The highest BCUT2D eigenvalue weighted by Gasteiger charge is 2.26. The van der Waals surface area contributed by atoms with Crippen molar-refractivity contribution in [3.05, 3.63) is 0 Å². The Morgan fingerprint density at radius 2 is 2.20 bits per heavy atom. The first kappa shape index (κ1) is 11.9. The molecule has 2 atom stereocenters. The highest BCUT2D eigenvalue weighted by Crippen LogP contribution is 2.13. The molecule has 5 heteroatoms. The van der Waals surface area contributed by atoms with Crippen LogP contribution in [0.15, 0.2) is 0 Å². The normalized spacial score (nSPS) is 23.4. The molecule has 0 spiro atoms. The summed E-state index contributed by atoms with van der Waals surface area (Å²) in [7, 11) is 0. The van der Waals surface area contributed by atoms with Crippen LogP contribution < -0.4 is 5.32 Å². The average molecular weight is 216 g/mol. The number of hydrogen-bond donors (Lipinski definition) is 1. The fourth-order valence-electron chi connectivity index (χ4n) is 1.77. The molecular weight excluding hydrogens is 199 g/mol. The smallest absolute Gasteiger partial charge is 0.244 e. The van der Waals surface area contributed by atoms with E-state index in [1.807, 2.05) is 0 Å². The maximum Gasteiger partial charge on any atom is 0.244 e. The summed E-state index contributed by atoms with van der Waals surface area (Å²) in [6.45, 7) is 3.72. The van der Waals surface area contributed by atoms with Crippen molar-refractivity contribution >= 4 is 11.8 Å². The fraction of sp³-hybridized carbons (Fsp3) is 0.800. The monoisotopic (exact) mass is 216 g/mol. The molecule has 1 fully saturated rings. The molecule has 2 amide bonds. The van der Waals surface area contributed by atoms with Gasteiger partial charge in [0.05, 0.1) is 6.54 Å². The van der Waals surface area contributed by atoms with Gasteiger partial charge < -0.3 is 10.2 Å². The Balaban J connectivity index is 2.47. The molecule has 1 N–H and O–H groups in total. The number of alkyl halides is 1. The summed E-state index contributed by atoms with van der Waals surface area (Å²) in [6, 6.07) is -0.562. The number of hydrogen-bond acceptors (Lipinski definition) is 2. The van der Waals surface area contributed by atoms with E-state index in [2.05, 4.69) is 5.32 Å². The lowest BCUT2D eigenvalue weighted by atomic mass is 10.1. The van der Waals surface area contributed by atoms with Crippen LogP contribution in [-0.4, -0.2) is 42.0 Å². The van der Waals surface area contributed by atoms with Crippen molar-refractivity contribution in [1.29, 1.82) is 0 Å². The van der Waals surface area contributed by atoms with Crippen molar-refractivity contribution in [2.75, 3.05) is 13.1 Å². The van der Waals surface area contributed by atoms with Crippen LogP contribution in [0.1, 0.15) is 26.7 Å². The van der Waals surface area contributed by atoms with Gasteiger partial charge in [0.1, 0.15) is 12.2 Å². The molecule has 0 saturated carbocycles. The Bertz CT molecular complexity index is 258. The number of nitrogens with zero attached hydrogens (tertiary/aromatic N) is 1. The minimum atomic E-state index is -0.924. The van der Waals surface area contributed by atoms with Gasteiger partial charge in [0.25, 0.3) is 0 Å². The molecule has 1 rings (SSSR count). The molecule has 1 aliphatic rings. The predicted molar refractivity (Wildman–Crippen MR) is 54.0 cm³/mol. The molecule has 0 aromatic rings. The van der Waals surface area contributed by atoms with Crippen LogP contribution in [0.3, 0.4) is 0 Å². The Morgan fingerprint density at radius 3 is 2.73 bits per heavy atom. The number of amides is 2. The quantitative estimate of drug-likeness (QED) is 0.729. The highest BCUT2D eigenvalue weighted by atomic mass is 19.1. The second-order valence-electron chi connectivity index (χ2n) is 3.95. The molecule has 1 saturated heterocycles. The lowest BCUT2D eigenvalue weighted by Crippen LogP contribution is -2.50. The summed E-state index contributed by atoms with van der Waals surface area (Å²) in [6.07, 6.45) is 0.296. The van der Waals surface area contributed by atoms with Gasteiger partial charge in [-0.2, -0.15) is 0 Å². The van der Waals surface area contributed by atoms with Crippen molar-refractivity contribution in [2.45, 2.75) is 38.9 Å². The fourth-order valence-corrected chi connectivity index (χ4v) is 1.77. The van der Waals surface area contributed by atoms with E-state index in [1.54, 1.807) is 6.92 Å². The van der Waals surface area contributed by atoms with Gasteiger partial charge in [0.2, 0.25) is 11.8 Å². The van der Waals surface area contributed by atoms with Gasteiger partial charge in [-0.3, -0.25) is 9.59 Å². The van der Waals surface area contributed by atoms with Crippen LogP contribution in [0.2, 0.25) is 0 Å². The van der Waals surface area contributed by atoms with E-state index in [1.165, 1.54) is 11.8 Å². The molecule has 4 nitrogen and oxygen atoms in total. The molecule has 0 aromatic carbocycles. The molecule has 0 radical (unpaired) electrons. The van der Waals surface area contributed by atoms with Gasteiger partial charge in [-0.05, 0) is 19.8 Å². The second-order valence-corrected chi connectivity index (χ2v) is 3.95. The maximum absolute atomic E-state index is 13.0. The summed E-state index contributed by atoms with van der Waals surface area (Å²) in [5, 5.41) is 2.50. The van der Waals surface area contributed by atoms with Crippen molar-refractivity contribution in [2.24, 2.45) is 0 Å². The van der Waals surface area contributed by atoms with E-state index >= 15 is 0 Å². The van der Waals surface area contributed by atoms with Crippen LogP contribution in [0.5, 0.6) is 0 Å². The Labute approximate surface area is 88.8 Å². The van der Waals surface area contributed by atoms with E-state index in [9.17, 15) is 14.0 Å². The Kier molecular flexibility index (Phi) is 4.05. The molecule has 0 aromatic heterocycles. The molecule has 1 heterocycles. The average Bonchev–Trinajstić information content (AvgIpc) is 2.15. The van der Waals surface area contributed by atoms with E-state index in [4.69, 9.17) is 0 Å². The van der Waals surface area contributed by atoms with Crippen molar-refractivity contribution < 1.29 is 14.0 Å². The number of piperidine rings is 1. The van der Waals surface area contributed by atoms with Gasteiger partial charge in [-0.25, -0.2) is 4.39 Å². The third kappa shape index (κ3) is 3.49. The number of rotatable bonds is 2. The molecule has 0 bridgehead atoms. The molecule has 1 aliphatic heterocycles. The van der Waals surface area contributed by atoms with E-state index < -0.39 is 12.2 Å². The second kappa shape index (κ2) is 5.09. The van der Waals surface area contributed by atoms with Gasteiger partial charge in [0, 0.05) is 13.5 Å². The van der Waals surface area contributed by atoms with Crippen molar-refractivity contribution in [1.82, 2.24) is 10.2 Å². The molecule has 15 heavy (non-hydrogen) atoms. The zero-order valence-electron chi connectivity index (χ0n) is 9.12. The van der Waals surface area contributed by atoms with Gasteiger partial charge in [-0.15, -0.1) is 0 Å². The third-order valence-corrected chi connectivity index (χ3v) is 2.47. The largest absolute Gasteiger partial charge is 0.345 e. The summed E-state index contributed by atoms with van der Waals surface area (Å²) in [5.41, 5.74) is 0. The maximum atomic E-state index is 13.0. The van der Waals surface area contributed by atoms with Crippen LogP contribution in [-0.2, 0) is 9.59 Å². The Hall–Kier alpha value is -1.13. The van der Waals surface area contributed by atoms with E-state index in [0.29, 0.717) is 19.4 Å². The lowest BCUT2D eigenvalue weighted by molar-refractivity contribution is -0.137. The molecule has 86 valence electrons. The SMILES string of the molecule is CC(=O)N[C@@H](C)C(=O)N1CCC[C@H](F)C1. The minimum absolute atomic E-state index is 0.156. The number of likely N-dealkylation sites (tertiary alicyclic amines) is 1. The van der Waals surface area contributed by atoms with Crippen molar-refractivity contribution in [3.8, 4) is 0 Å². The summed E-state index contributed by atoms with van der Waals surface area (Å²) >= 11 is 0.